The fourth-order valence-electron chi connectivity index (χ4n) is 4.00. The van der Waals surface area contributed by atoms with Gasteiger partial charge in [0.2, 0.25) is 0 Å². The van der Waals surface area contributed by atoms with Crippen LogP contribution < -0.4 is 14.9 Å². The summed E-state index contributed by atoms with van der Waals surface area (Å²) in [6.07, 6.45) is 1.97. The molecule has 0 spiro atoms. The molecule has 0 atom stereocenters. The van der Waals surface area contributed by atoms with Gasteiger partial charge in [-0.2, -0.15) is 4.58 Å². The number of halogens is 1. The van der Waals surface area contributed by atoms with Crippen LogP contribution in [-0.4, -0.2) is 68.9 Å². The Labute approximate surface area is 208 Å². The second-order valence-electron chi connectivity index (χ2n) is 9.69. The standard InChI is InChI=1S/C27H33FN3O3Si/c1-7-25(32)31-15-14-30(17-24(31)27(3,4)5)18-35(22-13-8-19(2)23(28)16-22)34-21-11-9-20(10-12-21)26(33)29-6/h7-13,16H,1,14-15,17-18H2,2-6H3/p+1. The number of hydrogen-bond acceptors (Lipinski definition) is 4. The Morgan fingerprint density at radius 3 is 2.49 bits per heavy atom. The third kappa shape index (κ3) is 6.52. The lowest BCUT2D eigenvalue weighted by Crippen LogP contribution is -2.56. The molecule has 0 unspecified atom stereocenters. The zero-order valence-corrected chi connectivity index (χ0v) is 22.2. The average Bonchev–Trinajstić information content (AvgIpc) is 2.84. The van der Waals surface area contributed by atoms with E-state index in [0.29, 0.717) is 42.7 Å². The molecule has 1 aliphatic rings. The van der Waals surface area contributed by atoms with E-state index in [0.717, 1.165) is 10.9 Å². The zero-order chi connectivity index (χ0) is 25.8. The smallest absolute Gasteiger partial charge is 0.411 e. The first-order valence-electron chi connectivity index (χ1n) is 11.7. The number of benzene rings is 2. The largest absolute Gasteiger partial charge is 0.536 e. The van der Waals surface area contributed by atoms with Crippen molar-refractivity contribution >= 4 is 31.8 Å². The maximum atomic E-state index is 14.5. The molecule has 0 aromatic heterocycles. The quantitative estimate of drug-likeness (QED) is 0.365. The summed E-state index contributed by atoms with van der Waals surface area (Å²) in [5.41, 5.74) is 1.96. The minimum atomic E-state index is -1.71. The summed E-state index contributed by atoms with van der Waals surface area (Å²) >= 11 is 0. The van der Waals surface area contributed by atoms with Crippen LogP contribution >= 0.6 is 0 Å². The number of nitrogens with one attached hydrogen (secondary N) is 1. The molecule has 35 heavy (non-hydrogen) atoms. The summed E-state index contributed by atoms with van der Waals surface area (Å²) in [5.74, 6) is 0.118. The lowest BCUT2D eigenvalue weighted by atomic mass is 9.88. The highest BCUT2D eigenvalue weighted by Crippen LogP contribution is 2.20. The topological polar surface area (TPSA) is 61.6 Å². The minimum Gasteiger partial charge on any atom is -0.536 e. The van der Waals surface area contributed by atoms with Crippen molar-refractivity contribution in [3.05, 3.63) is 72.1 Å². The molecule has 185 valence electrons. The van der Waals surface area contributed by atoms with Crippen LogP contribution in [0.25, 0.3) is 0 Å². The predicted molar refractivity (Wildman–Crippen MR) is 138 cm³/mol. The molecule has 1 radical (unpaired) electrons. The normalized spacial score (nSPS) is 14.7. The van der Waals surface area contributed by atoms with Gasteiger partial charge in [-0.3, -0.25) is 9.69 Å². The minimum absolute atomic E-state index is 0.0897. The fourth-order valence-corrected chi connectivity index (χ4v) is 6.01. The Kier molecular flexibility index (Phi) is 8.40. The maximum absolute atomic E-state index is 14.5. The van der Waals surface area contributed by atoms with Gasteiger partial charge in [0, 0.05) is 30.3 Å². The van der Waals surface area contributed by atoms with Gasteiger partial charge in [-0.1, -0.05) is 39.5 Å². The van der Waals surface area contributed by atoms with Gasteiger partial charge in [0.15, 0.2) is 12.3 Å². The van der Waals surface area contributed by atoms with Crippen molar-refractivity contribution in [3.8, 4) is 5.75 Å². The summed E-state index contributed by atoms with van der Waals surface area (Å²) in [6, 6.07) is 12.2. The monoisotopic (exact) mass is 495 g/mol. The molecule has 0 aliphatic carbocycles. The molecule has 6 nitrogen and oxygen atoms in total. The molecule has 3 rings (SSSR count). The van der Waals surface area contributed by atoms with E-state index in [1.54, 1.807) is 50.4 Å². The number of aryl methyl sites for hydroxylation is 1. The Morgan fingerprint density at radius 1 is 1.23 bits per heavy atom. The van der Waals surface area contributed by atoms with Crippen molar-refractivity contribution in [2.45, 2.75) is 27.7 Å². The number of nitrogens with zero attached hydrogens (tertiary/aromatic N) is 2. The van der Waals surface area contributed by atoms with Crippen LogP contribution in [0.1, 0.15) is 36.7 Å². The van der Waals surface area contributed by atoms with E-state index in [1.807, 2.05) is 10.6 Å². The lowest BCUT2D eigenvalue weighted by molar-refractivity contribution is -0.455. The predicted octanol–water partition coefficient (Wildman–Crippen LogP) is 2.84. The van der Waals surface area contributed by atoms with Crippen LogP contribution in [0.4, 0.5) is 4.39 Å². The van der Waals surface area contributed by atoms with Crippen LogP contribution in [0, 0.1) is 18.2 Å². The van der Waals surface area contributed by atoms with Crippen LogP contribution in [0.2, 0.25) is 0 Å². The van der Waals surface area contributed by atoms with E-state index < -0.39 is 9.04 Å². The Bertz CT molecular complexity index is 1140. The lowest BCUT2D eigenvalue weighted by Gasteiger charge is -2.32. The van der Waals surface area contributed by atoms with Crippen LogP contribution in [0.3, 0.4) is 0 Å². The number of rotatable bonds is 7. The molecule has 2 aromatic rings. The fraction of sp³-hybridized carbons (Fsp3) is 0.370. The second-order valence-corrected chi connectivity index (χ2v) is 11.6. The number of carbonyl (C=O) groups is 2. The first-order valence-corrected chi connectivity index (χ1v) is 13.3. The molecule has 0 bridgehead atoms. The van der Waals surface area contributed by atoms with E-state index >= 15 is 0 Å². The van der Waals surface area contributed by atoms with Gasteiger partial charge in [-0.25, -0.2) is 9.18 Å². The van der Waals surface area contributed by atoms with Gasteiger partial charge in [-0.05, 0) is 48.0 Å². The number of hydrogen-bond donors (Lipinski definition) is 1. The van der Waals surface area contributed by atoms with E-state index in [4.69, 9.17) is 4.43 Å². The second kappa shape index (κ2) is 11.1. The van der Waals surface area contributed by atoms with Gasteiger partial charge in [0.25, 0.3) is 5.91 Å². The van der Waals surface area contributed by atoms with Crippen LogP contribution in [0.15, 0.2) is 55.1 Å². The van der Waals surface area contributed by atoms with E-state index in [-0.39, 0.29) is 23.0 Å². The highest BCUT2D eigenvalue weighted by molar-refractivity contribution is 6.68. The van der Waals surface area contributed by atoms with Gasteiger partial charge in [-0.15, -0.1) is 0 Å². The SMILES string of the molecule is C=CC(=O)[N+]1=C(C(C)(C)C)CN(C[Si](Oc2ccc(C(=O)NC)cc2)c2ccc(C)c(F)c2)CC1. The molecule has 0 fully saturated rings. The van der Waals surface area contributed by atoms with Gasteiger partial charge >= 0.3 is 14.9 Å². The molecule has 8 heteroatoms. The Morgan fingerprint density at radius 2 is 1.91 bits per heavy atom. The third-order valence-corrected chi connectivity index (χ3v) is 8.26. The summed E-state index contributed by atoms with van der Waals surface area (Å²) < 4.78 is 22.7. The summed E-state index contributed by atoms with van der Waals surface area (Å²) in [4.78, 5) is 26.6. The third-order valence-electron chi connectivity index (χ3n) is 6.09. The van der Waals surface area contributed by atoms with Crippen molar-refractivity contribution in [1.82, 2.24) is 10.2 Å². The van der Waals surface area contributed by atoms with Gasteiger partial charge in [0.1, 0.15) is 11.6 Å². The highest BCUT2D eigenvalue weighted by atomic mass is 28.3. The zero-order valence-electron chi connectivity index (χ0n) is 21.2. The summed E-state index contributed by atoms with van der Waals surface area (Å²) in [7, 11) is -0.124. The average molecular weight is 496 g/mol. The molecular weight excluding hydrogens is 461 g/mol. The first kappa shape index (κ1) is 26.5. The van der Waals surface area contributed by atoms with Crippen molar-refractivity contribution in [3.63, 3.8) is 0 Å². The van der Waals surface area contributed by atoms with E-state index in [1.165, 1.54) is 6.08 Å². The maximum Gasteiger partial charge on any atom is 0.411 e. The van der Waals surface area contributed by atoms with Crippen LogP contribution in [0.5, 0.6) is 5.75 Å². The van der Waals surface area contributed by atoms with Crippen LogP contribution in [-0.2, 0) is 4.79 Å². The molecule has 1 heterocycles. The molecule has 0 saturated carbocycles. The van der Waals surface area contributed by atoms with E-state index in [2.05, 4.69) is 37.6 Å². The van der Waals surface area contributed by atoms with Gasteiger partial charge in [0.05, 0.1) is 13.1 Å². The molecular formula is C27H34FN3O3Si+. The number of amides is 2. The molecule has 1 N–H and O–H groups in total. The first-order chi connectivity index (χ1) is 16.5. The summed E-state index contributed by atoms with van der Waals surface area (Å²) in [6.45, 7) is 13.5. The van der Waals surface area contributed by atoms with Crippen molar-refractivity contribution in [2.24, 2.45) is 5.41 Å². The molecule has 2 amide bonds. The van der Waals surface area contributed by atoms with Crippen molar-refractivity contribution < 1.29 is 23.0 Å². The van der Waals surface area contributed by atoms with Gasteiger partial charge < -0.3 is 9.74 Å². The van der Waals surface area contributed by atoms with Crippen molar-refractivity contribution in [1.29, 1.82) is 0 Å². The Hall–Kier alpha value is -3.10. The molecule has 2 aromatic carbocycles. The molecule has 1 aliphatic heterocycles. The van der Waals surface area contributed by atoms with Crippen molar-refractivity contribution in [2.75, 3.05) is 32.8 Å². The molecule has 0 saturated heterocycles. The highest BCUT2D eigenvalue weighted by Gasteiger charge is 2.38. The Balaban J connectivity index is 1.89. The van der Waals surface area contributed by atoms with E-state index in [9.17, 15) is 14.0 Å². The number of carbonyl (C=O) groups excluding carboxylic acids is 2. The summed E-state index contributed by atoms with van der Waals surface area (Å²) in [5, 5.41) is 3.44.